The molecule has 1 aliphatic heterocycles. The lowest BCUT2D eigenvalue weighted by Gasteiger charge is -2.24. The molecule has 1 unspecified atom stereocenters. The molecule has 1 amide bonds. The van der Waals surface area contributed by atoms with Crippen molar-refractivity contribution in [3.8, 4) is 0 Å². The summed E-state index contributed by atoms with van der Waals surface area (Å²) >= 11 is 0. The van der Waals surface area contributed by atoms with Crippen LogP contribution in [0, 0.1) is 0 Å². The number of nitrogens with one attached hydrogen (secondary N) is 1. The van der Waals surface area contributed by atoms with Gasteiger partial charge >= 0.3 is 6.09 Å². The average Bonchev–Trinajstić information content (AvgIpc) is 2.80. The van der Waals surface area contributed by atoms with Crippen LogP contribution in [0.15, 0.2) is 17.1 Å². The number of likely N-dealkylation sites (tertiary alicyclic amines) is 1. The van der Waals surface area contributed by atoms with E-state index in [1.54, 1.807) is 17.2 Å². The van der Waals surface area contributed by atoms with Crippen LogP contribution in [0.25, 0.3) is 0 Å². The molecule has 1 fully saturated rings. The van der Waals surface area contributed by atoms with Gasteiger partial charge in [-0.3, -0.25) is 4.79 Å². The number of hydrogen-bond donors (Lipinski definition) is 2. The van der Waals surface area contributed by atoms with Crippen molar-refractivity contribution in [3.63, 3.8) is 0 Å². The van der Waals surface area contributed by atoms with Crippen LogP contribution in [0.1, 0.15) is 38.7 Å². The van der Waals surface area contributed by atoms with E-state index < -0.39 is 5.60 Å². The number of aromatic nitrogens is 1. The third kappa shape index (κ3) is 3.31. The van der Waals surface area contributed by atoms with Crippen molar-refractivity contribution in [2.24, 2.45) is 0 Å². The van der Waals surface area contributed by atoms with Gasteiger partial charge in [-0.05, 0) is 38.8 Å². The van der Waals surface area contributed by atoms with Gasteiger partial charge in [-0.15, -0.1) is 0 Å². The molecule has 0 spiro atoms. The molecule has 110 valence electrons. The van der Waals surface area contributed by atoms with Gasteiger partial charge in [0.25, 0.3) is 5.56 Å². The Morgan fingerprint density at radius 2 is 2.20 bits per heavy atom. The van der Waals surface area contributed by atoms with Gasteiger partial charge in [-0.1, -0.05) is 0 Å². The van der Waals surface area contributed by atoms with Crippen LogP contribution < -0.4 is 11.3 Å². The Kier molecular flexibility index (Phi) is 3.74. The van der Waals surface area contributed by atoms with E-state index in [9.17, 15) is 9.59 Å². The molecule has 1 aromatic rings. The van der Waals surface area contributed by atoms with Crippen LogP contribution in [0.4, 0.5) is 10.5 Å². The van der Waals surface area contributed by atoms with E-state index >= 15 is 0 Å². The minimum Gasteiger partial charge on any atom is -0.444 e. The van der Waals surface area contributed by atoms with E-state index in [1.807, 2.05) is 20.8 Å². The molecule has 1 aromatic heterocycles. The molecular formula is C14H21N3O3. The summed E-state index contributed by atoms with van der Waals surface area (Å²) in [5, 5.41) is 0. The Morgan fingerprint density at radius 1 is 1.50 bits per heavy atom. The summed E-state index contributed by atoms with van der Waals surface area (Å²) in [4.78, 5) is 27.5. The molecule has 1 aliphatic rings. The number of amides is 1. The van der Waals surface area contributed by atoms with Crippen LogP contribution in [-0.2, 0) is 4.74 Å². The van der Waals surface area contributed by atoms with Gasteiger partial charge in [-0.25, -0.2) is 4.79 Å². The van der Waals surface area contributed by atoms with Crippen LogP contribution in [0.5, 0.6) is 0 Å². The molecular weight excluding hydrogens is 258 g/mol. The molecule has 20 heavy (non-hydrogen) atoms. The van der Waals surface area contributed by atoms with Crippen molar-refractivity contribution in [2.75, 3.05) is 18.8 Å². The van der Waals surface area contributed by atoms with Crippen molar-refractivity contribution in [2.45, 2.75) is 38.7 Å². The average molecular weight is 279 g/mol. The maximum absolute atomic E-state index is 12.0. The van der Waals surface area contributed by atoms with Gasteiger partial charge in [-0.2, -0.15) is 0 Å². The van der Waals surface area contributed by atoms with Gasteiger partial charge in [0.05, 0.1) is 5.69 Å². The zero-order valence-corrected chi connectivity index (χ0v) is 12.1. The highest BCUT2D eigenvalue weighted by molar-refractivity contribution is 5.68. The van der Waals surface area contributed by atoms with E-state index in [0.717, 1.165) is 12.0 Å². The molecule has 0 bridgehead atoms. The number of anilines is 1. The number of rotatable bonds is 1. The standard InChI is InChI=1S/C14H21N3O3/c1-14(2,3)20-13(19)17-5-4-9(8-17)10-6-11(15)12(18)16-7-10/h6-7,9H,4-5,8,15H2,1-3H3,(H,16,18). The first kappa shape index (κ1) is 14.4. The van der Waals surface area contributed by atoms with Crippen molar-refractivity contribution in [3.05, 3.63) is 28.2 Å². The number of aromatic amines is 1. The number of hydrogen-bond acceptors (Lipinski definition) is 4. The number of carbonyl (C=O) groups excluding carboxylic acids is 1. The molecule has 2 rings (SSSR count). The van der Waals surface area contributed by atoms with Crippen molar-refractivity contribution in [1.82, 2.24) is 9.88 Å². The number of nitrogens with zero attached hydrogens (tertiary/aromatic N) is 1. The maximum Gasteiger partial charge on any atom is 0.410 e. The minimum atomic E-state index is -0.489. The first-order valence-electron chi connectivity index (χ1n) is 6.72. The zero-order chi connectivity index (χ0) is 14.9. The SMILES string of the molecule is CC(C)(C)OC(=O)N1CCC(c2c[nH]c(=O)c(N)c2)C1. The van der Waals surface area contributed by atoms with Crippen molar-refractivity contribution in [1.29, 1.82) is 0 Å². The summed E-state index contributed by atoms with van der Waals surface area (Å²) in [6.07, 6.45) is 2.21. The highest BCUT2D eigenvalue weighted by Crippen LogP contribution is 2.28. The van der Waals surface area contributed by atoms with E-state index in [2.05, 4.69) is 4.98 Å². The Bertz CT molecular complexity index is 560. The third-order valence-corrected chi connectivity index (χ3v) is 3.27. The number of carbonyl (C=O) groups is 1. The second kappa shape index (κ2) is 5.19. The minimum absolute atomic E-state index is 0.182. The first-order chi connectivity index (χ1) is 9.26. The molecule has 0 radical (unpaired) electrons. The highest BCUT2D eigenvalue weighted by atomic mass is 16.6. The van der Waals surface area contributed by atoms with E-state index in [4.69, 9.17) is 10.5 Å². The predicted molar refractivity (Wildman–Crippen MR) is 76.6 cm³/mol. The molecule has 6 heteroatoms. The molecule has 1 saturated heterocycles. The lowest BCUT2D eigenvalue weighted by molar-refractivity contribution is 0.0292. The Hall–Kier alpha value is -1.98. The smallest absolute Gasteiger partial charge is 0.410 e. The zero-order valence-electron chi connectivity index (χ0n) is 12.1. The number of nitrogens with two attached hydrogens (primary N) is 1. The Balaban J connectivity index is 2.03. The highest BCUT2D eigenvalue weighted by Gasteiger charge is 2.30. The van der Waals surface area contributed by atoms with Crippen LogP contribution in [-0.4, -0.2) is 34.7 Å². The molecule has 6 nitrogen and oxygen atoms in total. The van der Waals surface area contributed by atoms with Crippen LogP contribution in [0.3, 0.4) is 0 Å². The van der Waals surface area contributed by atoms with Crippen LogP contribution in [0.2, 0.25) is 0 Å². The van der Waals surface area contributed by atoms with E-state index in [-0.39, 0.29) is 23.3 Å². The first-order valence-corrected chi connectivity index (χ1v) is 6.72. The summed E-state index contributed by atoms with van der Waals surface area (Å²) in [6.45, 7) is 6.78. The van der Waals surface area contributed by atoms with E-state index in [1.165, 1.54) is 0 Å². The summed E-state index contributed by atoms with van der Waals surface area (Å²) in [5.41, 5.74) is 6.01. The Morgan fingerprint density at radius 3 is 2.80 bits per heavy atom. The fourth-order valence-corrected chi connectivity index (χ4v) is 2.28. The van der Waals surface area contributed by atoms with Gasteiger partial charge in [0.15, 0.2) is 0 Å². The predicted octanol–water partition coefficient (Wildman–Crippen LogP) is 1.68. The number of nitrogen functional groups attached to an aromatic ring is 1. The molecule has 0 saturated carbocycles. The van der Waals surface area contributed by atoms with Gasteiger partial charge in [0.1, 0.15) is 5.60 Å². The summed E-state index contributed by atoms with van der Waals surface area (Å²) in [5.74, 6) is 0.182. The number of pyridine rings is 1. The molecule has 1 atom stereocenters. The van der Waals surface area contributed by atoms with Gasteiger partial charge in [0.2, 0.25) is 0 Å². The number of ether oxygens (including phenoxy) is 1. The van der Waals surface area contributed by atoms with Gasteiger partial charge < -0.3 is 20.4 Å². The lowest BCUT2D eigenvalue weighted by Crippen LogP contribution is -2.35. The molecule has 3 N–H and O–H groups in total. The van der Waals surface area contributed by atoms with Gasteiger partial charge in [0, 0.05) is 25.2 Å². The summed E-state index contributed by atoms with van der Waals surface area (Å²) in [6, 6.07) is 1.68. The fourth-order valence-electron chi connectivity index (χ4n) is 2.28. The third-order valence-electron chi connectivity index (χ3n) is 3.27. The van der Waals surface area contributed by atoms with Crippen molar-refractivity contribution >= 4 is 11.8 Å². The lowest BCUT2D eigenvalue weighted by atomic mass is 10.0. The quantitative estimate of drug-likeness (QED) is 0.818. The number of H-pyrrole nitrogens is 1. The monoisotopic (exact) mass is 279 g/mol. The summed E-state index contributed by atoms with van der Waals surface area (Å²) in [7, 11) is 0. The normalized spacial score (nSPS) is 19.1. The largest absolute Gasteiger partial charge is 0.444 e. The second-order valence-corrected chi connectivity index (χ2v) is 6.13. The second-order valence-electron chi connectivity index (χ2n) is 6.13. The maximum atomic E-state index is 12.0. The summed E-state index contributed by atoms with van der Waals surface area (Å²) < 4.78 is 5.35. The Labute approximate surface area is 117 Å². The van der Waals surface area contributed by atoms with Crippen LogP contribution >= 0.6 is 0 Å². The topological polar surface area (TPSA) is 88.4 Å². The fraction of sp³-hybridized carbons (Fsp3) is 0.571. The molecule has 2 heterocycles. The van der Waals surface area contributed by atoms with E-state index in [0.29, 0.717) is 13.1 Å². The molecule has 0 aromatic carbocycles. The molecule has 0 aliphatic carbocycles. The van der Waals surface area contributed by atoms with Crippen molar-refractivity contribution < 1.29 is 9.53 Å².